The number of para-hydroxylation sites is 2. The van der Waals surface area contributed by atoms with Crippen molar-refractivity contribution in [3.8, 4) is 0 Å². The molecule has 3 aromatic heterocycles. The maximum atomic E-state index is 13.2. The number of nitrogens with one attached hydrogen (secondary N) is 2. The molecule has 2 N–H and O–H groups in total. The average Bonchev–Trinajstić information content (AvgIpc) is 3.49. The number of rotatable bonds is 6. The Balaban J connectivity index is 1.37. The fourth-order valence-electron chi connectivity index (χ4n) is 5.12. The first-order valence-corrected chi connectivity index (χ1v) is 12.7. The number of aromatic nitrogens is 6. The smallest absolute Gasteiger partial charge is 0.364 e. The number of halogens is 3. The lowest BCUT2D eigenvalue weighted by Crippen LogP contribution is -2.13. The van der Waals surface area contributed by atoms with Gasteiger partial charge in [0.05, 0.1) is 22.9 Å². The van der Waals surface area contributed by atoms with Gasteiger partial charge in [-0.15, -0.1) is 0 Å². The highest BCUT2D eigenvalue weighted by molar-refractivity contribution is 5.85. The summed E-state index contributed by atoms with van der Waals surface area (Å²) >= 11 is 0. The van der Waals surface area contributed by atoms with Crippen molar-refractivity contribution in [2.24, 2.45) is 7.05 Å². The topological polar surface area (TPSA) is 85.5 Å². The van der Waals surface area contributed by atoms with E-state index in [0.717, 1.165) is 48.8 Å². The zero-order valence-corrected chi connectivity index (χ0v) is 20.8. The second kappa shape index (κ2) is 9.62. The average molecular weight is 521 g/mol. The van der Waals surface area contributed by atoms with E-state index in [1.165, 1.54) is 12.5 Å². The Hall–Kier alpha value is -4.15. The van der Waals surface area contributed by atoms with Gasteiger partial charge in [0, 0.05) is 19.6 Å². The third kappa shape index (κ3) is 4.64. The second-order valence-electron chi connectivity index (χ2n) is 9.67. The van der Waals surface area contributed by atoms with Crippen LogP contribution in [-0.4, -0.2) is 29.1 Å². The van der Waals surface area contributed by atoms with Gasteiger partial charge in [0.25, 0.3) is 0 Å². The van der Waals surface area contributed by atoms with Crippen molar-refractivity contribution in [3.05, 3.63) is 66.0 Å². The number of benzene rings is 2. The van der Waals surface area contributed by atoms with Crippen LogP contribution >= 0.6 is 0 Å². The normalized spacial score (nSPS) is 14.8. The summed E-state index contributed by atoms with van der Waals surface area (Å²) in [5, 5.41) is 6.45. The van der Waals surface area contributed by atoms with Gasteiger partial charge in [-0.2, -0.15) is 23.1 Å². The Kier molecular flexibility index (Phi) is 6.13. The van der Waals surface area contributed by atoms with Crippen LogP contribution in [0.4, 0.5) is 30.9 Å². The number of nitrogens with zero attached hydrogens (tertiary/aromatic N) is 6. The lowest BCUT2D eigenvalue weighted by atomic mass is 9.95. The van der Waals surface area contributed by atoms with Gasteiger partial charge >= 0.3 is 6.18 Å². The van der Waals surface area contributed by atoms with Crippen LogP contribution in [0.25, 0.3) is 22.2 Å². The first-order chi connectivity index (χ1) is 18.4. The van der Waals surface area contributed by atoms with E-state index in [2.05, 4.69) is 30.2 Å². The molecule has 3 heterocycles. The van der Waals surface area contributed by atoms with Crippen LogP contribution in [0.1, 0.15) is 49.3 Å². The minimum Gasteiger partial charge on any atom is -0.364 e. The van der Waals surface area contributed by atoms with Crippen LogP contribution in [0.5, 0.6) is 0 Å². The van der Waals surface area contributed by atoms with Crippen LogP contribution in [0.3, 0.4) is 0 Å². The maximum absolute atomic E-state index is 13.2. The number of anilines is 3. The number of hydrogen-bond donors (Lipinski definition) is 2. The van der Waals surface area contributed by atoms with E-state index in [9.17, 15) is 13.2 Å². The molecule has 1 fully saturated rings. The Labute approximate surface area is 217 Å². The molecular formula is C27H27F3N8. The molecule has 11 heteroatoms. The Bertz CT molecular complexity index is 1600. The molecule has 196 valence electrons. The molecule has 0 saturated heterocycles. The molecule has 0 unspecified atom stereocenters. The molecule has 0 aliphatic heterocycles. The first kappa shape index (κ1) is 24.2. The number of aryl methyl sites for hydroxylation is 1. The number of imidazole rings is 2. The molecule has 0 amide bonds. The fraction of sp³-hybridized carbons (Fsp3) is 0.333. The lowest BCUT2D eigenvalue weighted by molar-refractivity contribution is -0.137. The fourth-order valence-corrected chi connectivity index (χ4v) is 5.12. The molecule has 0 bridgehead atoms. The van der Waals surface area contributed by atoms with Crippen molar-refractivity contribution in [1.82, 2.24) is 29.1 Å². The molecule has 38 heavy (non-hydrogen) atoms. The summed E-state index contributed by atoms with van der Waals surface area (Å²) in [6.45, 7) is 0.151. The van der Waals surface area contributed by atoms with Crippen molar-refractivity contribution in [2.75, 3.05) is 10.6 Å². The highest BCUT2D eigenvalue weighted by Crippen LogP contribution is 2.33. The van der Waals surface area contributed by atoms with Crippen molar-refractivity contribution in [3.63, 3.8) is 0 Å². The molecule has 1 aliphatic carbocycles. The zero-order valence-electron chi connectivity index (χ0n) is 20.8. The monoisotopic (exact) mass is 520 g/mol. The quantitative estimate of drug-likeness (QED) is 0.263. The summed E-state index contributed by atoms with van der Waals surface area (Å²) in [6, 6.07) is 13.4. The Morgan fingerprint density at radius 3 is 2.58 bits per heavy atom. The third-order valence-corrected chi connectivity index (χ3v) is 7.11. The van der Waals surface area contributed by atoms with Crippen molar-refractivity contribution < 1.29 is 13.2 Å². The second-order valence-corrected chi connectivity index (χ2v) is 9.67. The molecule has 6 rings (SSSR count). The van der Waals surface area contributed by atoms with E-state index in [1.54, 1.807) is 12.4 Å². The number of hydrogen-bond acceptors (Lipinski definition) is 6. The van der Waals surface area contributed by atoms with Crippen LogP contribution in [-0.2, 0) is 19.8 Å². The molecule has 1 aliphatic rings. The minimum atomic E-state index is -4.40. The van der Waals surface area contributed by atoms with E-state index >= 15 is 0 Å². The van der Waals surface area contributed by atoms with E-state index in [4.69, 9.17) is 4.98 Å². The van der Waals surface area contributed by atoms with E-state index in [0.29, 0.717) is 40.5 Å². The molecule has 1 saturated carbocycles. The van der Waals surface area contributed by atoms with Gasteiger partial charge in [-0.05, 0) is 42.7 Å². The highest BCUT2D eigenvalue weighted by atomic mass is 19.4. The van der Waals surface area contributed by atoms with Crippen LogP contribution in [0.15, 0.2) is 54.9 Å². The largest absolute Gasteiger partial charge is 0.416 e. The first-order valence-electron chi connectivity index (χ1n) is 12.7. The van der Waals surface area contributed by atoms with Crippen LogP contribution in [0, 0.1) is 0 Å². The van der Waals surface area contributed by atoms with Crippen molar-refractivity contribution in [1.29, 1.82) is 0 Å². The maximum Gasteiger partial charge on any atom is 0.416 e. The highest BCUT2D eigenvalue weighted by Gasteiger charge is 2.30. The van der Waals surface area contributed by atoms with Gasteiger partial charge in [0.1, 0.15) is 0 Å². The molecular weight excluding hydrogens is 493 g/mol. The van der Waals surface area contributed by atoms with Gasteiger partial charge in [-0.1, -0.05) is 43.5 Å². The predicted octanol–water partition coefficient (Wildman–Crippen LogP) is 6.59. The van der Waals surface area contributed by atoms with Gasteiger partial charge in [0.2, 0.25) is 11.9 Å². The molecule has 0 radical (unpaired) electrons. The van der Waals surface area contributed by atoms with E-state index < -0.39 is 11.7 Å². The van der Waals surface area contributed by atoms with Gasteiger partial charge < -0.3 is 14.5 Å². The minimum absolute atomic E-state index is 0.151. The SMILES string of the molecule is Cn1c(Nc2nc(NCc3cccc(C(F)(F)F)c3)c3ncn(C4CCCCC4)c3n2)nc2ccccc21. The predicted molar refractivity (Wildman–Crippen MR) is 140 cm³/mol. The van der Waals surface area contributed by atoms with Gasteiger partial charge in [0.15, 0.2) is 17.0 Å². The van der Waals surface area contributed by atoms with Crippen molar-refractivity contribution >= 4 is 39.9 Å². The van der Waals surface area contributed by atoms with E-state index in [-0.39, 0.29) is 6.54 Å². The molecule has 0 atom stereocenters. The van der Waals surface area contributed by atoms with Crippen molar-refractivity contribution in [2.45, 2.75) is 50.9 Å². The standard InChI is InChI=1S/C27H27F3N8/c1-37-21-13-6-5-12-20(21)33-26(37)36-25-34-23(31-15-17-8-7-9-18(14-17)27(28,29)30)22-24(35-25)38(16-32-22)19-10-3-2-4-11-19/h5-9,12-14,16,19H,2-4,10-11,15H2,1H3,(H2,31,33,34,35,36). The van der Waals surface area contributed by atoms with Crippen LogP contribution < -0.4 is 10.6 Å². The summed E-state index contributed by atoms with van der Waals surface area (Å²) in [5.41, 5.74) is 2.87. The summed E-state index contributed by atoms with van der Waals surface area (Å²) in [7, 11) is 1.91. The molecule has 0 spiro atoms. The Morgan fingerprint density at radius 1 is 0.974 bits per heavy atom. The molecule has 8 nitrogen and oxygen atoms in total. The summed E-state index contributed by atoms with van der Waals surface area (Å²) in [6.07, 6.45) is 3.03. The lowest BCUT2D eigenvalue weighted by Gasteiger charge is -2.23. The van der Waals surface area contributed by atoms with Crippen LogP contribution in [0.2, 0.25) is 0 Å². The van der Waals surface area contributed by atoms with E-state index in [1.807, 2.05) is 35.9 Å². The number of alkyl halides is 3. The Morgan fingerprint density at radius 2 is 1.79 bits per heavy atom. The third-order valence-electron chi connectivity index (χ3n) is 7.11. The number of fused-ring (bicyclic) bond motifs is 2. The summed E-state index contributed by atoms with van der Waals surface area (Å²) < 4.78 is 43.7. The zero-order chi connectivity index (χ0) is 26.3. The van der Waals surface area contributed by atoms with Gasteiger partial charge in [-0.25, -0.2) is 9.97 Å². The molecule has 5 aromatic rings. The molecule has 2 aromatic carbocycles. The van der Waals surface area contributed by atoms with Gasteiger partial charge in [-0.3, -0.25) is 5.32 Å². The summed E-state index contributed by atoms with van der Waals surface area (Å²) in [4.78, 5) is 18.8. The summed E-state index contributed by atoms with van der Waals surface area (Å²) in [5.74, 6) is 1.36.